The minimum atomic E-state index is -2.55. The average molecular weight is 341 g/mol. The van der Waals surface area contributed by atoms with Crippen LogP contribution in [-0.4, -0.2) is 16.2 Å². The Morgan fingerprint density at radius 2 is 1.58 bits per heavy atom. The molecule has 0 heterocycles. The van der Waals surface area contributed by atoms with Crippen LogP contribution in [0.4, 0.5) is 5.69 Å². The van der Waals surface area contributed by atoms with Crippen LogP contribution < -0.4 is 0 Å². The topological polar surface area (TPSA) is 46.5 Å². The Balaban J connectivity index is 2.43. The number of rotatable bonds is 4. The van der Waals surface area contributed by atoms with Crippen molar-refractivity contribution in [3.05, 3.63) is 66.2 Å². The standard InChI is InChI=1S/C20H23NO2S/c1-20(2,3)19(22)15-14-16-10-8-9-13-18(16)21-24(4,23)17-11-6-5-7-12-17/h5-15H,1-4H3/b15-14+. The first kappa shape index (κ1) is 18.1. The lowest BCUT2D eigenvalue weighted by Crippen LogP contribution is -2.17. The minimum absolute atomic E-state index is 0.0394. The SMILES string of the molecule is CC(C)(C)C(=O)/C=C/c1ccccc1N=S(C)(=O)c1ccccc1. The Morgan fingerprint density at radius 3 is 2.21 bits per heavy atom. The second-order valence-electron chi connectivity index (χ2n) is 6.71. The van der Waals surface area contributed by atoms with Gasteiger partial charge in [0.2, 0.25) is 0 Å². The summed E-state index contributed by atoms with van der Waals surface area (Å²) in [5.74, 6) is 0.0394. The van der Waals surface area contributed by atoms with Crippen molar-refractivity contribution in [3.8, 4) is 0 Å². The van der Waals surface area contributed by atoms with Crippen molar-refractivity contribution < 1.29 is 9.00 Å². The highest BCUT2D eigenvalue weighted by molar-refractivity contribution is 7.93. The molecule has 0 bridgehead atoms. The molecule has 1 unspecified atom stereocenters. The highest BCUT2D eigenvalue weighted by Gasteiger charge is 2.18. The van der Waals surface area contributed by atoms with E-state index in [1.807, 2.05) is 75.4 Å². The van der Waals surface area contributed by atoms with Crippen LogP contribution in [0.2, 0.25) is 0 Å². The zero-order valence-electron chi connectivity index (χ0n) is 14.5. The predicted molar refractivity (Wildman–Crippen MR) is 101 cm³/mol. The fourth-order valence-corrected chi connectivity index (χ4v) is 3.35. The van der Waals surface area contributed by atoms with Crippen molar-refractivity contribution in [1.82, 2.24) is 0 Å². The van der Waals surface area contributed by atoms with E-state index in [2.05, 4.69) is 4.36 Å². The van der Waals surface area contributed by atoms with Gasteiger partial charge in [0.05, 0.1) is 15.4 Å². The van der Waals surface area contributed by atoms with Gasteiger partial charge in [0.1, 0.15) is 0 Å². The summed E-state index contributed by atoms with van der Waals surface area (Å²) < 4.78 is 17.4. The molecule has 0 amide bonds. The molecule has 0 saturated heterocycles. The summed E-state index contributed by atoms with van der Waals surface area (Å²) >= 11 is 0. The molecule has 0 fully saturated rings. The minimum Gasteiger partial charge on any atom is -0.294 e. The molecular formula is C20H23NO2S. The average Bonchev–Trinajstić information content (AvgIpc) is 2.53. The Hall–Kier alpha value is -2.20. The molecule has 2 rings (SSSR count). The number of benzene rings is 2. The lowest BCUT2D eigenvalue weighted by Gasteiger charge is -2.13. The molecule has 0 radical (unpaired) electrons. The first-order valence-corrected chi connectivity index (χ1v) is 9.71. The van der Waals surface area contributed by atoms with E-state index in [1.165, 1.54) is 0 Å². The Bertz CT molecular complexity index is 868. The molecule has 0 aliphatic heterocycles. The van der Waals surface area contributed by atoms with Crippen LogP contribution in [0.25, 0.3) is 6.08 Å². The highest BCUT2D eigenvalue weighted by atomic mass is 32.2. The molecule has 0 aromatic heterocycles. The number of allylic oxidation sites excluding steroid dienone is 1. The molecule has 0 aliphatic carbocycles. The summed E-state index contributed by atoms with van der Waals surface area (Å²) in [6, 6.07) is 16.6. The van der Waals surface area contributed by atoms with E-state index >= 15 is 0 Å². The Morgan fingerprint density at radius 1 is 1.00 bits per heavy atom. The summed E-state index contributed by atoms with van der Waals surface area (Å²) in [7, 11) is -2.55. The molecular weight excluding hydrogens is 318 g/mol. The zero-order valence-corrected chi connectivity index (χ0v) is 15.3. The van der Waals surface area contributed by atoms with Crippen molar-refractivity contribution in [2.24, 2.45) is 9.78 Å². The number of hydrogen-bond acceptors (Lipinski definition) is 3. The van der Waals surface area contributed by atoms with Gasteiger partial charge < -0.3 is 0 Å². The van der Waals surface area contributed by atoms with Crippen LogP contribution in [0.1, 0.15) is 26.3 Å². The molecule has 2 aromatic carbocycles. The largest absolute Gasteiger partial charge is 0.294 e. The van der Waals surface area contributed by atoms with E-state index in [4.69, 9.17) is 0 Å². The van der Waals surface area contributed by atoms with Gasteiger partial charge >= 0.3 is 0 Å². The van der Waals surface area contributed by atoms with Crippen LogP contribution in [-0.2, 0) is 14.5 Å². The predicted octanol–water partition coefficient (Wildman–Crippen LogP) is 5.10. The third kappa shape index (κ3) is 4.65. The smallest absolute Gasteiger partial charge is 0.161 e. The first-order chi connectivity index (χ1) is 11.2. The molecule has 2 aromatic rings. The number of hydrogen-bond donors (Lipinski definition) is 0. The van der Waals surface area contributed by atoms with E-state index in [9.17, 15) is 9.00 Å². The van der Waals surface area contributed by atoms with Crippen LogP contribution in [0.15, 0.2) is 69.9 Å². The van der Waals surface area contributed by atoms with Crippen molar-refractivity contribution in [2.75, 3.05) is 6.26 Å². The number of carbonyl (C=O) groups excluding carboxylic acids is 1. The maximum absolute atomic E-state index is 12.9. The van der Waals surface area contributed by atoms with Gasteiger partial charge in [-0.25, -0.2) is 4.21 Å². The van der Waals surface area contributed by atoms with E-state index in [0.29, 0.717) is 10.6 Å². The first-order valence-electron chi connectivity index (χ1n) is 7.79. The van der Waals surface area contributed by atoms with Gasteiger partial charge in [0.25, 0.3) is 0 Å². The maximum Gasteiger partial charge on any atom is 0.161 e. The van der Waals surface area contributed by atoms with E-state index in [1.54, 1.807) is 18.4 Å². The van der Waals surface area contributed by atoms with Gasteiger partial charge in [-0.05, 0) is 30.4 Å². The lowest BCUT2D eigenvalue weighted by atomic mass is 9.90. The molecule has 0 spiro atoms. The molecule has 0 saturated carbocycles. The molecule has 4 heteroatoms. The summed E-state index contributed by atoms with van der Waals surface area (Å²) in [6.07, 6.45) is 4.93. The van der Waals surface area contributed by atoms with Gasteiger partial charge in [0.15, 0.2) is 5.78 Å². The van der Waals surface area contributed by atoms with Crippen molar-refractivity contribution in [1.29, 1.82) is 0 Å². The van der Waals surface area contributed by atoms with Crippen molar-refractivity contribution >= 4 is 27.3 Å². The highest BCUT2D eigenvalue weighted by Crippen LogP contribution is 2.25. The van der Waals surface area contributed by atoms with Gasteiger partial charge in [-0.2, -0.15) is 4.36 Å². The van der Waals surface area contributed by atoms with Gasteiger partial charge in [-0.15, -0.1) is 0 Å². The third-order valence-electron chi connectivity index (χ3n) is 3.54. The fourth-order valence-electron chi connectivity index (χ4n) is 2.04. The van der Waals surface area contributed by atoms with E-state index in [-0.39, 0.29) is 5.78 Å². The second kappa shape index (κ2) is 7.14. The van der Waals surface area contributed by atoms with E-state index < -0.39 is 15.1 Å². The molecule has 3 nitrogen and oxygen atoms in total. The maximum atomic E-state index is 12.9. The zero-order chi connectivity index (χ0) is 17.8. The second-order valence-corrected chi connectivity index (χ2v) is 8.97. The van der Waals surface area contributed by atoms with E-state index in [0.717, 1.165) is 5.56 Å². The van der Waals surface area contributed by atoms with Gasteiger partial charge in [-0.3, -0.25) is 4.79 Å². The monoisotopic (exact) mass is 341 g/mol. The number of ketones is 1. The molecule has 1 atom stereocenters. The third-order valence-corrected chi connectivity index (χ3v) is 5.24. The Kier molecular flexibility index (Phi) is 5.40. The molecule has 24 heavy (non-hydrogen) atoms. The Labute approximate surface area is 144 Å². The van der Waals surface area contributed by atoms with Crippen LogP contribution >= 0.6 is 0 Å². The lowest BCUT2D eigenvalue weighted by molar-refractivity contribution is -0.121. The number of carbonyl (C=O) groups is 1. The van der Waals surface area contributed by atoms with Crippen LogP contribution in [0.3, 0.4) is 0 Å². The molecule has 0 N–H and O–H groups in total. The normalized spacial score (nSPS) is 14.3. The fraction of sp³-hybridized carbons (Fsp3) is 0.250. The summed E-state index contributed by atoms with van der Waals surface area (Å²) in [5.41, 5.74) is 0.970. The summed E-state index contributed by atoms with van der Waals surface area (Å²) in [4.78, 5) is 12.8. The van der Waals surface area contributed by atoms with Gasteiger partial charge in [0, 0.05) is 22.1 Å². The van der Waals surface area contributed by atoms with Crippen LogP contribution in [0.5, 0.6) is 0 Å². The van der Waals surface area contributed by atoms with Crippen LogP contribution in [0, 0.1) is 5.41 Å². The van der Waals surface area contributed by atoms with Crippen molar-refractivity contribution in [3.63, 3.8) is 0 Å². The summed E-state index contributed by atoms with van der Waals surface area (Å²) in [6.45, 7) is 5.64. The molecule has 126 valence electrons. The van der Waals surface area contributed by atoms with Gasteiger partial charge in [-0.1, -0.05) is 57.2 Å². The summed E-state index contributed by atoms with van der Waals surface area (Å²) in [5, 5.41) is 0. The molecule has 0 aliphatic rings. The quantitative estimate of drug-likeness (QED) is 0.726. The number of nitrogens with zero attached hydrogens (tertiary/aromatic N) is 1. The van der Waals surface area contributed by atoms with Crippen molar-refractivity contribution in [2.45, 2.75) is 25.7 Å².